The summed E-state index contributed by atoms with van der Waals surface area (Å²) in [4.78, 5) is 38.2. The first-order valence-electron chi connectivity index (χ1n) is 10.3. The van der Waals surface area contributed by atoms with Crippen LogP contribution < -0.4 is 10.1 Å². The lowest BCUT2D eigenvalue weighted by Crippen LogP contribution is -2.53. The Hall–Kier alpha value is -3.46. The summed E-state index contributed by atoms with van der Waals surface area (Å²) in [5.74, 6) is -1.90. The van der Waals surface area contributed by atoms with Crippen LogP contribution in [0, 0.1) is 5.82 Å². The Balaban J connectivity index is 1.54. The van der Waals surface area contributed by atoms with Gasteiger partial charge in [0, 0.05) is 18.3 Å². The third-order valence-electron chi connectivity index (χ3n) is 5.76. The van der Waals surface area contributed by atoms with Crippen molar-refractivity contribution in [1.82, 2.24) is 4.90 Å². The fourth-order valence-electron chi connectivity index (χ4n) is 4.13. The molecule has 168 valence electrons. The van der Waals surface area contributed by atoms with Gasteiger partial charge in [0.25, 0.3) is 11.8 Å². The van der Waals surface area contributed by atoms with Crippen molar-refractivity contribution in [3.63, 3.8) is 0 Å². The van der Waals surface area contributed by atoms with E-state index in [1.54, 1.807) is 24.1 Å². The minimum absolute atomic E-state index is 0.0914. The zero-order chi connectivity index (χ0) is 22.8. The van der Waals surface area contributed by atoms with Crippen LogP contribution in [0.25, 0.3) is 0 Å². The van der Waals surface area contributed by atoms with E-state index in [1.807, 2.05) is 0 Å². The smallest absolute Gasteiger partial charge is 0.305 e. The van der Waals surface area contributed by atoms with Crippen LogP contribution in [0.15, 0.2) is 42.5 Å². The highest BCUT2D eigenvalue weighted by Gasteiger charge is 2.39. The van der Waals surface area contributed by atoms with Gasteiger partial charge >= 0.3 is 5.97 Å². The molecule has 1 fully saturated rings. The molecule has 0 unspecified atom stereocenters. The zero-order valence-electron chi connectivity index (χ0n) is 17.4. The van der Waals surface area contributed by atoms with E-state index in [1.165, 1.54) is 24.3 Å². The average Bonchev–Trinajstić information content (AvgIpc) is 2.76. The second kappa shape index (κ2) is 8.96. The van der Waals surface area contributed by atoms with Crippen molar-refractivity contribution in [3.05, 3.63) is 59.4 Å². The molecule has 2 amide bonds. The molecular formula is C23H23FN2O6. The number of carboxylic acid groups (broad SMARTS) is 1. The van der Waals surface area contributed by atoms with Gasteiger partial charge in [0.15, 0.2) is 0 Å². The average molecular weight is 442 g/mol. The third kappa shape index (κ3) is 4.57. The summed E-state index contributed by atoms with van der Waals surface area (Å²) in [5.41, 5.74) is 0.826. The van der Waals surface area contributed by atoms with Crippen LogP contribution in [0.3, 0.4) is 0 Å². The Morgan fingerprint density at radius 1 is 1.22 bits per heavy atom. The maximum atomic E-state index is 13.4. The minimum atomic E-state index is -0.928. The number of fused-ring (bicyclic) bond motifs is 2. The number of nitrogens with zero attached hydrogens (tertiary/aromatic N) is 1. The number of amides is 2. The van der Waals surface area contributed by atoms with Crippen molar-refractivity contribution in [2.75, 3.05) is 19.0 Å². The molecule has 9 heteroatoms. The number of likely N-dealkylation sites (N-methyl/N-ethyl adjacent to an activating group) is 1. The fraction of sp³-hybridized carbons (Fsp3) is 0.348. The van der Waals surface area contributed by atoms with Crippen molar-refractivity contribution >= 4 is 23.5 Å². The normalized spacial score (nSPS) is 22.6. The molecule has 8 nitrogen and oxygen atoms in total. The van der Waals surface area contributed by atoms with E-state index in [2.05, 4.69) is 5.32 Å². The van der Waals surface area contributed by atoms with Gasteiger partial charge in [0.1, 0.15) is 24.3 Å². The number of ether oxygens (including phenoxy) is 2. The molecule has 0 spiro atoms. The lowest BCUT2D eigenvalue weighted by molar-refractivity contribution is -0.148. The largest absolute Gasteiger partial charge is 0.490 e. The number of carboxylic acids is 1. The number of benzene rings is 2. The molecule has 2 heterocycles. The first kappa shape index (κ1) is 21.8. The fourth-order valence-corrected chi connectivity index (χ4v) is 4.13. The van der Waals surface area contributed by atoms with E-state index < -0.39 is 29.9 Å². The first-order valence-corrected chi connectivity index (χ1v) is 10.3. The highest BCUT2D eigenvalue weighted by Crippen LogP contribution is 2.32. The van der Waals surface area contributed by atoms with E-state index in [0.717, 1.165) is 6.07 Å². The Morgan fingerprint density at radius 3 is 2.78 bits per heavy atom. The van der Waals surface area contributed by atoms with Gasteiger partial charge in [-0.1, -0.05) is 6.07 Å². The Labute approximate surface area is 183 Å². The molecular weight excluding hydrogens is 419 g/mol. The number of hydrogen-bond donors (Lipinski definition) is 2. The minimum Gasteiger partial charge on any atom is -0.490 e. The number of hydrogen-bond acceptors (Lipinski definition) is 5. The van der Waals surface area contributed by atoms with Crippen LogP contribution in [0.4, 0.5) is 10.1 Å². The van der Waals surface area contributed by atoms with Crippen LogP contribution in [0.2, 0.25) is 0 Å². The molecule has 2 aliphatic heterocycles. The Bertz CT molecular complexity index is 1060. The van der Waals surface area contributed by atoms with Gasteiger partial charge in [-0.25, -0.2) is 4.39 Å². The summed E-state index contributed by atoms with van der Waals surface area (Å²) in [6.07, 6.45) is 0.176. The van der Waals surface area contributed by atoms with E-state index in [9.17, 15) is 18.8 Å². The predicted octanol–water partition coefficient (Wildman–Crippen LogP) is 2.93. The van der Waals surface area contributed by atoms with Crippen LogP contribution in [0.1, 0.15) is 40.0 Å². The van der Waals surface area contributed by atoms with Gasteiger partial charge in [0.05, 0.1) is 24.1 Å². The Morgan fingerprint density at radius 2 is 2.03 bits per heavy atom. The molecule has 32 heavy (non-hydrogen) atoms. The molecule has 2 aromatic carbocycles. The van der Waals surface area contributed by atoms with Crippen LogP contribution >= 0.6 is 0 Å². The van der Waals surface area contributed by atoms with Gasteiger partial charge in [-0.3, -0.25) is 14.4 Å². The quantitative estimate of drug-likeness (QED) is 0.754. The second-order valence-corrected chi connectivity index (χ2v) is 7.94. The van der Waals surface area contributed by atoms with Crippen molar-refractivity contribution in [3.8, 4) is 5.75 Å². The molecule has 3 atom stereocenters. The summed E-state index contributed by atoms with van der Waals surface area (Å²) in [6.45, 7) is 0.167. The number of aliphatic carboxylic acids is 1. The molecule has 2 aliphatic rings. The highest BCUT2D eigenvalue weighted by atomic mass is 19.1. The first-order chi connectivity index (χ1) is 15.3. The van der Waals surface area contributed by atoms with Crippen LogP contribution in [0.5, 0.6) is 5.75 Å². The van der Waals surface area contributed by atoms with Crippen molar-refractivity contribution in [1.29, 1.82) is 0 Å². The molecule has 0 aromatic heterocycles. The summed E-state index contributed by atoms with van der Waals surface area (Å²) in [6, 6.07) is 9.77. The van der Waals surface area contributed by atoms with E-state index in [4.69, 9.17) is 14.6 Å². The van der Waals surface area contributed by atoms with Crippen molar-refractivity contribution in [2.24, 2.45) is 0 Å². The van der Waals surface area contributed by atoms with Crippen LogP contribution in [-0.4, -0.2) is 59.7 Å². The topological polar surface area (TPSA) is 105 Å². The van der Waals surface area contributed by atoms with Gasteiger partial charge in [-0.05, 0) is 49.2 Å². The van der Waals surface area contributed by atoms with E-state index in [-0.39, 0.29) is 36.1 Å². The number of rotatable bonds is 4. The molecule has 2 N–H and O–H groups in total. The molecule has 1 saturated heterocycles. The van der Waals surface area contributed by atoms with Gasteiger partial charge < -0.3 is 24.8 Å². The molecule has 2 aromatic rings. The van der Waals surface area contributed by atoms with E-state index >= 15 is 0 Å². The van der Waals surface area contributed by atoms with Gasteiger partial charge in [0.2, 0.25) is 0 Å². The summed E-state index contributed by atoms with van der Waals surface area (Å²) in [7, 11) is 1.67. The standard InChI is InChI=1S/C23H23FN2O6/c1-26-18-7-6-16(11-21(27)28)32-20(18)12-31-19-8-5-15(10-17(19)23(26)30)25-22(29)13-3-2-4-14(24)9-13/h2-5,8-10,16,18,20H,6-7,11-12H2,1H3,(H,25,29)(H,27,28)/t16-,18+,20-/m0/s1. The summed E-state index contributed by atoms with van der Waals surface area (Å²) >= 11 is 0. The summed E-state index contributed by atoms with van der Waals surface area (Å²) < 4.78 is 25.2. The third-order valence-corrected chi connectivity index (χ3v) is 5.76. The number of carbonyl (C=O) groups is 3. The van der Waals surface area contributed by atoms with Crippen LogP contribution in [-0.2, 0) is 9.53 Å². The number of carbonyl (C=O) groups excluding carboxylic acids is 2. The maximum Gasteiger partial charge on any atom is 0.305 e. The molecule has 4 rings (SSSR count). The monoisotopic (exact) mass is 442 g/mol. The lowest BCUT2D eigenvalue weighted by atomic mass is 9.94. The summed E-state index contributed by atoms with van der Waals surface area (Å²) in [5, 5.41) is 11.7. The van der Waals surface area contributed by atoms with Gasteiger partial charge in [-0.2, -0.15) is 0 Å². The number of halogens is 1. The van der Waals surface area contributed by atoms with Gasteiger partial charge in [-0.15, -0.1) is 0 Å². The van der Waals surface area contributed by atoms with Crippen molar-refractivity contribution in [2.45, 2.75) is 37.5 Å². The Kier molecular flexibility index (Phi) is 6.09. The predicted molar refractivity (Wildman–Crippen MR) is 112 cm³/mol. The maximum absolute atomic E-state index is 13.4. The lowest BCUT2D eigenvalue weighted by Gasteiger charge is -2.42. The molecule has 0 saturated carbocycles. The number of anilines is 1. The molecule has 0 aliphatic carbocycles. The number of nitrogens with one attached hydrogen (secondary N) is 1. The second-order valence-electron chi connectivity index (χ2n) is 7.94. The zero-order valence-corrected chi connectivity index (χ0v) is 17.4. The molecule has 0 radical (unpaired) electrons. The SMILES string of the molecule is CN1C(=O)c2cc(NC(=O)c3cccc(F)c3)ccc2OC[C@@H]2O[C@H](CC(=O)O)CC[C@H]21. The van der Waals surface area contributed by atoms with Crippen molar-refractivity contribution < 1.29 is 33.4 Å². The molecule has 0 bridgehead atoms. The highest BCUT2D eigenvalue weighted by molar-refractivity contribution is 6.05. The van der Waals surface area contributed by atoms with E-state index in [0.29, 0.717) is 24.3 Å².